The van der Waals surface area contributed by atoms with Crippen LogP contribution in [0.25, 0.3) is 0 Å². The number of carboxylic acid groups (broad SMARTS) is 1. The summed E-state index contributed by atoms with van der Waals surface area (Å²) >= 11 is 0. The minimum absolute atomic E-state index is 0.0141. The zero-order valence-electron chi connectivity index (χ0n) is 11.4. The van der Waals surface area contributed by atoms with E-state index in [-0.39, 0.29) is 42.9 Å². The number of hydrogen-bond acceptors (Lipinski definition) is 4. The molecule has 0 radical (unpaired) electrons. The van der Waals surface area contributed by atoms with Gasteiger partial charge in [0.1, 0.15) is 6.04 Å². The molecule has 6 nitrogen and oxygen atoms in total. The largest absolute Gasteiger partial charge is 0.480 e. The second-order valence-corrected chi connectivity index (χ2v) is 5.67. The molecule has 2 fully saturated rings. The van der Waals surface area contributed by atoms with E-state index in [1.807, 2.05) is 20.8 Å². The van der Waals surface area contributed by atoms with Crippen LogP contribution in [0.3, 0.4) is 0 Å². The SMILES string of the molecule is CC1OC(C)C(C(=O)N2C[C@H](O)C[C@H]2C(=O)O)C1C. The van der Waals surface area contributed by atoms with Gasteiger partial charge in [0.2, 0.25) is 5.91 Å². The van der Waals surface area contributed by atoms with Gasteiger partial charge in [0.15, 0.2) is 0 Å². The summed E-state index contributed by atoms with van der Waals surface area (Å²) < 4.78 is 5.63. The van der Waals surface area contributed by atoms with Crippen molar-refractivity contribution in [3.05, 3.63) is 0 Å². The van der Waals surface area contributed by atoms with Crippen LogP contribution in [0, 0.1) is 11.8 Å². The molecule has 2 heterocycles. The van der Waals surface area contributed by atoms with Crippen molar-refractivity contribution in [3.63, 3.8) is 0 Å². The first-order valence-electron chi connectivity index (χ1n) is 6.69. The lowest BCUT2D eigenvalue weighted by molar-refractivity contribution is -0.151. The van der Waals surface area contributed by atoms with Crippen LogP contribution in [-0.4, -0.2) is 57.9 Å². The van der Waals surface area contributed by atoms with Crippen molar-refractivity contribution in [2.75, 3.05) is 6.54 Å². The number of carbonyl (C=O) groups is 2. The molecule has 2 aliphatic heterocycles. The molecule has 0 bridgehead atoms. The van der Waals surface area contributed by atoms with E-state index in [1.165, 1.54) is 4.90 Å². The number of amides is 1. The molecule has 6 heteroatoms. The van der Waals surface area contributed by atoms with Gasteiger partial charge in [-0.05, 0) is 19.8 Å². The normalized spacial score (nSPS) is 42.6. The fourth-order valence-corrected chi connectivity index (χ4v) is 3.18. The Labute approximate surface area is 112 Å². The Morgan fingerprint density at radius 1 is 1.21 bits per heavy atom. The Bertz CT molecular complexity index is 385. The average molecular weight is 271 g/mol. The standard InChI is InChI=1S/C13H21NO5/c1-6-7(2)19-8(3)11(6)12(16)14-5-9(15)4-10(14)13(17)18/h6-11,15H,4-5H2,1-3H3,(H,17,18)/t6?,7?,8?,9-,10+,11?/m1/s1. The van der Waals surface area contributed by atoms with E-state index < -0.39 is 18.1 Å². The Morgan fingerprint density at radius 3 is 2.32 bits per heavy atom. The van der Waals surface area contributed by atoms with E-state index in [9.17, 15) is 14.7 Å². The molecule has 0 saturated carbocycles. The van der Waals surface area contributed by atoms with Crippen LogP contribution in [0.5, 0.6) is 0 Å². The Hall–Kier alpha value is -1.14. The third kappa shape index (κ3) is 2.47. The van der Waals surface area contributed by atoms with Crippen LogP contribution in [0.1, 0.15) is 27.2 Å². The van der Waals surface area contributed by atoms with Crippen LogP contribution < -0.4 is 0 Å². The van der Waals surface area contributed by atoms with E-state index in [4.69, 9.17) is 9.84 Å². The van der Waals surface area contributed by atoms with Gasteiger partial charge >= 0.3 is 5.97 Å². The molecular formula is C13H21NO5. The molecule has 2 N–H and O–H groups in total. The minimum atomic E-state index is -1.06. The predicted octanol–water partition coefficient (Wildman–Crippen LogP) is 0.0923. The Kier molecular flexibility index (Phi) is 3.82. The van der Waals surface area contributed by atoms with Gasteiger partial charge in [-0.1, -0.05) is 6.92 Å². The molecule has 1 amide bonds. The maximum absolute atomic E-state index is 12.5. The lowest BCUT2D eigenvalue weighted by Gasteiger charge is -2.27. The Morgan fingerprint density at radius 2 is 1.84 bits per heavy atom. The monoisotopic (exact) mass is 271 g/mol. The van der Waals surface area contributed by atoms with Crippen molar-refractivity contribution >= 4 is 11.9 Å². The number of aliphatic carboxylic acids is 1. The smallest absolute Gasteiger partial charge is 0.326 e. The number of carboxylic acids is 1. The van der Waals surface area contributed by atoms with Gasteiger partial charge < -0.3 is 19.8 Å². The van der Waals surface area contributed by atoms with Crippen LogP contribution in [0.2, 0.25) is 0 Å². The van der Waals surface area contributed by atoms with Gasteiger partial charge in [0, 0.05) is 13.0 Å². The third-order valence-electron chi connectivity index (χ3n) is 4.37. The van der Waals surface area contributed by atoms with E-state index in [0.29, 0.717) is 0 Å². The summed E-state index contributed by atoms with van der Waals surface area (Å²) in [4.78, 5) is 25.0. The van der Waals surface area contributed by atoms with Crippen molar-refractivity contribution in [2.24, 2.45) is 11.8 Å². The molecule has 2 aliphatic rings. The van der Waals surface area contributed by atoms with E-state index >= 15 is 0 Å². The Balaban J connectivity index is 2.17. The second-order valence-electron chi connectivity index (χ2n) is 5.67. The highest BCUT2D eigenvalue weighted by Crippen LogP contribution is 2.35. The maximum atomic E-state index is 12.5. The van der Waals surface area contributed by atoms with Crippen LogP contribution in [0.4, 0.5) is 0 Å². The van der Waals surface area contributed by atoms with Gasteiger partial charge in [-0.15, -0.1) is 0 Å². The fraction of sp³-hybridized carbons (Fsp3) is 0.846. The van der Waals surface area contributed by atoms with Crippen molar-refractivity contribution in [2.45, 2.75) is 51.5 Å². The summed E-state index contributed by atoms with van der Waals surface area (Å²) in [6.07, 6.45) is -0.882. The summed E-state index contributed by atoms with van der Waals surface area (Å²) in [5.41, 5.74) is 0. The highest BCUT2D eigenvalue weighted by molar-refractivity contribution is 5.86. The minimum Gasteiger partial charge on any atom is -0.480 e. The molecule has 0 aromatic heterocycles. The molecule has 4 unspecified atom stereocenters. The van der Waals surface area contributed by atoms with Crippen molar-refractivity contribution in [1.29, 1.82) is 0 Å². The van der Waals surface area contributed by atoms with Crippen molar-refractivity contribution < 1.29 is 24.5 Å². The highest BCUT2D eigenvalue weighted by atomic mass is 16.5. The number of aliphatic hydroxyl groups excluding tert-OH is 1. The third-order valence-corrected chi connectivity index (χ3v) is 4.37. The molecule has 6 atom stereocenters. The number of aliphatic hydroxyl groups is 1. The van der Waals surface area contributed by atoms with Crippen LogP contribution in [-0.2, 0) is 14.3 Å². The number of ether oxygens (including phenoxy) is 1. The molecular weight excluding hydrogens is 250 g/mol. The van der Waals surface area contributed by atoms with Crippen LogP contribution >= 0.6 is 0 Å². The molecule has 0 aromatic carbocycles. The number of hydrogen-bond donors (Lipinski definition) is 2. The highest BCUT2D eigenvalue weighted by Gasteiger charge is 2.48. The zero-order valence-corrected chi connectivity index (χ0v) is 11.4. The van der Waals surface area contributed by atoms with E-state index in [1.54, 1.807) is 0 Å². The number of nitrogens with zero attached hydrogens (tertiary/aromatic N) is 1. The molecule has 0 aliphatic carbocycles. The van der Waals surface area contributed by atoms with Gasteiger partial charge in [-0.25, -0.2) is 4.79 Å². The molecule has 108 valence electrons. The van der Waals surface area contributed by atoms with Gasteiger partial charge in [0.05, 0.1) is 24.2 Å². The topological polar surface area (TPSA) is 87.1 Å². The lowest BCUT2D eigenvalue weighted by Crippen LogP contribution is -2.46. The summed E-state index contributed by atoms with van der Waals surface area (Å²) in [6.45, 7) is 5.80. The average Bonchev–Trinajstić information content (AvgIpc) is 2.81. The van der Waals surface area contributed by atoms with Gasteiger partial charge in [0.25, 0.3) is 0 Å². The lowest BCUT2D eigenvalue weighted by atomic mass is 9.88. The maximum Gasteiger partial charge on any atom is 0.326 e. The van der Waals surface area contributed by atoms with E-state index in [2.05, 4.69) is 0 Å². The van der Waals surface area contributed by atoms with Crippen LogP contribution in [0.15, 0.2) is 0 Å². The number of carbonyl (C=O) groups excluding carboxylic acids is 1. The summed E-state index contributed by atoms with van der Waals surface area (Å²) in [6, 6.07) is -0.919. The second kappa shape index (κ2) is 5.09. The van der Waals surface area contributed by atoms with Gasteiger partial charge in [-0.3, -0.25) is 4.79 Å². The number of likely N-dealkylation sites (tertiary alicyclic amines) is 1. The quantitative estimate of drug-likeness (QED) is 0.743. The molecule has 0 aromatic rings. The molecule has 2 rings (SSSR count). The van der Waals surface area contributed by atoms with Crippen molar-refractivity contribution in [1.82, 2.24) is 4.90 Å². The first-order chi connectivity index (χ1) is 8.82. The molecule has 19 heavy (non-hydrogen) atoms. The molecule has 0 spiro atoms. The number of β-amino-alcohol motifs (C(OH)–C–C–N with tert-alkyl or cyclic N) is 1. The summed E-state index contributed by atoms with van der Waals surface area (Å²) in [5, 5.41) is 18.7. The molecule has 2 saturated heterocycles. The summed E-state index contributed by atoms with van der Waals surface area (Å²) in [5.74, 6) is -1.55. The first-order valence-corrected chi connectivity index (χ1v) is 6.69. The van der Waals surface area contributed by atoms with E-state index in [0.717, 1.165) is 0 Å². The van der Waals surface area contributed by atoms with Crippen molar-refractivity contribution in [3.8, 4) is 0 Å². The fourth-order valence-electron chi connectivity index (χ4n) is 3.18. The van der Waals surface area contributed by atoms with Gasteiger partial charge in [-0.2, -0.15) is 0 Å². The first kappa shape index (κ1) is 14.3. The zero-order chi connectivity index (χ0) is 14.3. The predicted molar refractivity (Wildman–Crippen MR) is 66.4 cm³/mol. The number of rotatable bonds is 2. The summed E-state index contributed by atoms with van der Waals surface area (Å²) in [7, 11) is 0.